The average molecular weight is 248 g/mol. The van der Waals surface area contributed by atoms with Gasteiger partial charge in [-0.1, -0.05) is 24.6 Å². The molecular formula is C16H28N2. The van der Waals surface area contributed by atoms with E-state index in [0.717, 1.165) is 13.1 Å². The van der Waals surface area contributed by atoms with Crippen molar-refractivity contribution in [3.05, 3.63) is 34.4 Å². The largest absolute Gasteiger partial charge is 0.329 e. The lowest BCUT2D eigenvalue weighted by Crippen LogP contribution is -2.48. The molecule has 0 saturated carbocycles. The highest BCUT2D eigenvalue weighted by molar-refractivity contribution is 5.37. The van der Waals surface area contributed by atoms with Crippen molar-refractivity contribution in [3.63, 3.8) is 0 Å². The highest BCUT2D eigenvalue weighted by atomic mass is 15.2. The summed E-state index contributed by atoms with van der Waals surface area (Å²) in [4.78, 5) is 2.46. The van der Waals surface area contributed by atoms with Crippen molar-refractivity contribution in [1.29, 1.82) is 0 Å². The Hall–Kier alpha value is -0.860. The Morgan fingerprint density at radius 1 is 1.11 bits per heavy atom. The van der Waals surface area contributed by atoms with E-state index in [1.807, 2.05) is 0 Å². The lowest BCUT2D eigenvalue weighted by atomic mass is 9.96. The first kappa shape index (κ1) is 15.2. The maximum Gasteiger partial charge on any atom is 0.0278 e. The van der Waals surface area contributed by atoms with E-state index in [1.54, 1.807) is 0 Å². The Balaban J connectivity index is 3.03. The maximum absolute atomic E-state index is 5.89. The van der Waals surface area contributed by atoms with E-state index in [-0.39, 0.29) is 5.54 Å². The number of likely N-dealkylation sites (N-methyl/N-ethyl adjacent to an activating group) is 1. The van der Waals surface area contributed by atoms with Gasteiger partial charge in [-0.2, -0.15) is 0 Å². The first-order valence-corrected chi connectivity index (χ1v) is 6.83. The second kappa shape index (κ2) is 5.85. The van der Waals surface area contributed by atoms with Gasteiger partial charge >= 0.3 is 0 Å². The molecule has 0 spiro atoms. The van der Waals surface area contributed by atoms with Gasteiger partial charge in [-0.15, -0.1) is 0 Å². The van der Waals surface area contributed by atoms with Crippen LogP contribution in [0.4, 0.5) is 0 Å². The van der Waals surface area contributed by atoms with E-state index in [4.69, 9.17) is 5.73 Å². The third-order valence-corrected chi connectivity index (χ3v) is 3.93. The van der Waals surface area contributed by atoms with Gasteiger partial charge in [-0.3, -0.25) is 4.90 Å². The van der Waals surface area contributed by atoms with Crippen LogP contribution in [0.2, 0.25) is 0 Å². The molecule has 2 heteroatoms. The molecule has 2 nitrogen and oxygen atoms in total. The molecule has 0 saturated heterocycles. The van der Waals surface area contributed by atoms with Crippen molar-refractivity contribution < 1.29 is 0 Å². The highest BCUT2D eigenvalue weighted by Crippen LogP contribution is 2.22. The molecule has 0 fully saturated rings. The van der Waals surface area contributed by atoms with Crippen molar-refractivity contribution in [2.75, 3.05) is 13.1 Å². The number of nitrogens with zero attached hydrogens (tertiary/aromatic N) is 1. The summed E-state index contributed by atoms with van der Waals surface area (Å²) in [5.74, 6) is 0. The molecule has 0 aliphatic rings. The van der Waals surface area contributed by atoms with Crippen LogP contribution < -0.4 is 5.73 Å². The second-order valence-corrected chi connectivity index (χ2v) is 5.91. The van der Waals surface area contributed by atoms with Crippen LogP contribution in [0, 0.1) is 20.8 Å². The van der Waals surface area contributed by atoms with Crippen LogP contribution >= 0.6 is 0 Å². The smallest absolute Gasteiger partial charge is 0.0278 e. The minimum atomic E-state index is 0.0541. The van der Waals surface area contributed by atoms with Gasteiger partial charge in [0, 0.05) is 18.6 Å². The number of rotatable bonds is 5. The average Bonchev–Trinajstić information content (AvgIpc) is 2.27. The molecule has 0 aliphatic heterocycles. The Morgan fingerprint density at radius 2 is 1.61 bits per heavy atom. The summed E-state index contributed by atoms with van der Waals surface area (Å²) < 4.78 is 0. The molecule has 1 aromatic rings. The van der Waals surface area contributed by atoms with Crippen molar-refractivity contribution in [2.45, 2.75) is 53.6 Å². The maximum atomic E-state index is 5.89. The van der Waals surface area contributed by atoms with Crippen molar-refractivity contribution in [3.8, 4) is 0 Å². The van der Waals surface area contributed by atoms with Gasteiger partial charge in [0.15, 0.2) is 0 Å². The third-order valence-electron chi connectivity index (χ3n) is 3.93. The minimum Gasteiger partial charge on any atom is -0.329 e. The summed E-state index contributed by atoms with van der Waals surface area (Å²) in [6.45, 7) is 15.9. The van der Waals surface area contributed by atoms with Crippen molar-refractivity contribution >= 4 is 0 Å². The molecule has 0 amide bonds. The normalized spacial score (nSPS) is 12.2. The van der Waals surface area contributed by atoms with Crippen LogP contribution in [-0.4, -0.2) is 23.5 Å². The minimum absolute atomic E-state index is 0.0541. The van der Waals surface area contributed by atoms with Crippen LogP contribution in [0.25, 0.3) is 0 Å². The van der Waals surface area contributed by atoms with Crippen LogP contribution in [-0.2, 0) is 6.54 Å². The SMILES string of the molecule is CCN(Cc1c(C)cc(C)cc1C)C(C)(C)CN. The van der Waals surface area contributed by atoms with Crippen molar-refractivity contribution in [2.24, 2.45) is 5.73 Å². The van der Waals surface area contributed by atoms with Crippen molar-refractivity contribution in [1.82, 2.24) is 4.90 Å². The molecule has 18 heavy (non-hydrogen) atoms. The number of hydrogen-bond acceptors (Lipinski definition) is 2. The molecule has 0 atom stereocenters. The quantitative estimate of drug-likeness (QED) is 0.867. The van der Waals surface area contributed by atoms with E-state index in [1.165, 1.54) is 22.3 Å². The summed E-state index contributed by atoms with van der Waals surface area (Å²) in [6, 6.07) is 4.54. The van der Waals surface area contributed by atoms with Gasteiger partial charge in [-0.25, -0.2) is 0 Å². The Labute approximate surface area is 112 Å². The molecular weight excluding hydrogens is 220 g/mol. The summed E-state index contributed by atoms with van der Waals surface area (Å²) in [5.41, 5.74) is 11.5. The fraction of sp³-hybridized carbons (Fsp3) is 0.625. The zero-order chi connectivity index (χ0) is 13.9. The predicted octanol–water partition coefficient (Wildman–Crippen LogP) is 3.17. The molecule has 0 aromatic heterocycles. The molecule has 0 aliphatic carbocycles. The van der Waals surface area contributed by atoms with Gasteiger partial charge in [-0.05, 0) is 57.9 Å². The lowest BCUT2D eigenvalue weighted by Gasteiger charge is -2.37. The number of benzene rings is 1. The predicted molar refractivity (Wildman–Crippen MR) is 79.9 cm³/mol. The fourth-order valence-electron chi connectivity index (χ4n) is 2.53. The molecule has 102 valence electrons. The summed E-state index contributed by atoms with van der Waals surface area (Å²) in [7, 11) is 0. The second-order valence-electron chi connectivity index (χ2n) is 5.91. The molecule has 0 heterocycles. The zero-order valence-corrected chi connectivity index (χ0v) is 12.8. The van der Waals surface area contributed by atoms with Gasteiger partial charge in [0.2, 0.25) is 0 Å². The molecule has 0 bridgehead atoms. The molecule has 0 unspecified atom stereocenters. The monoisotopic (exact) mass is 248 g/mol. The number of nitrogens with two attached hydrogens (primary N) is 1. The first-order valence-electron chi connectivity index (χ1n) is 6.83. The van der Waals surface area contributed by atoms with Gasteiger partial charge in [0.05, 0.1) is 0 Å². The van der Waals surface area contributed by atoms with Crippen LogP contribution in [0.5, 0.6) is 0 Å². The van der Waals surface area contributed by atoms with Gasteiger partial charge in [0.25, 0.3) is 0 Å². The highest BCUT2D eigenvalue weighted by Gasteiger charge is 2.24. The number of aryl methyl sites for hydroxylation is 3. The zero-order valence-electron chi connectivity index (χ0n) is 12.8. The third kappa shape index (κ3) is 3.33. The summed E-state index contributed by atoms with van der Waals surface area (Å²) in [6.07, 6.45) is 0. The lowest BCUT2D eigenvalue weighted by molar-refractivity contribution is 0.125. The Bertz CT molecular complexity index is 385. The topological polar surface area (TPSA) is 29.3 Å². The molecule has 2 N–H and O–H groups in total. The van der Waals surface area contributed by atoms with Crippen LogP contribution in [0.1, 0.15) is 43.0 Å². The fourth-order valence-corrected chi connectivity index (χ4v) is 2.53. The molecule has 1 aromatic carbocycles. The van der Waals surface area contributed by atoms with Crippen LogP contribution in [0.3, 0.4) is 0 Å². The van der Waals surface area contributed by atoms with Gasteiger partial charge < -0.3 is 5.73 Å². The summed E-state index contributed by atoms with van der Waals surface area (Å²) >= 11 is 0. The van der Waals surface area contributed by atoms with Gasteiger partial charge in [0.1, 0.15) is 0 Å². The van der Waals surface area contributed by atoms with E-state index in [0.29, 0.717) is 6.54 Å². The molecule has 1 rings (SSSR count). The van der Waals surface area contributed by atoms with E-state index < -0.39 is 0 Å². The Kier molecular flexibility index (Phi) is 4.94. The van der Waals surface area contributed by atoms with E-state index in [9.17, 15) is 0 Å². The van der Waals surface area contributed by atoms with E-state index >= 15 is 0 Å². The van der Waals surface area contributed by atoms with Crippen LogP contribution in [0.15, 0.2) is 12.1 Å². The first-order chi connectivity index (χ1) is 8.31. The van der Waals surface area contributed by atoms with E-state index in [2.05, 4.69) is 58.6 Å². The summed E-state index contributed by atoms with van der Waals surface area (Å²) in [5, 5.41) is 0. The molecule has 0 radical (unpaired) electrons. The Morgan fingerprint density at radius 3 is 2.00 bits per heavy atom. The standard InChI is InChI=1S/C16H28N2/c1-7-18(16(5,6)11-17)10-15-13(3)8-12(2)9-14(15)4/h8-9H,7,10-11,17H2,1-6H3. The number of hydrogen-bond donors (Lipinski definition) is 1.